The van der Waals surface area contributed by atoms with Gasteiger partial charge in [-0.25, -0.2) is 0 Å². The van der Waals surface area contributed by atoms with E-state index in [1.165, 1.54) is 0 Å². The summed E-state index contributed by atoms with van der Waals surface area (Å²) in [5.41, 5.74) is 0. The molecule has 6 heteroatoms. The van der Waals surface area contributed by atoms with E-state index in [0.717, 1.165) is 19.4 Å². The summed E-state index contributed by atoms with van der Waals surface area (Å²) in [5.74, 6) is -0.433. The Bertz CT molecular complexity index is 321. The van der Waals surface area contributed by atoms with Crippen LogP contribution in [0.3, 0.4) is 0 Å². The SMILES string of the molecule is COCCOCC(=O)N1CCCC(C(C)CC(=O)O)C1. The van der Waals surface area contributed by atoms with Crippen molar-refractivity contribution < 1.29 is 24.2 Å². The fourth-order valence-electron chi connectivity index (χ4n) is 2.54. The van der Waals surface area contributed by atoms with Crippen molar-refractivity contribution in [3.63, 3.8) is 0 Å². The first kappa shape index (κ1) is 16.9. The molecule has 0 aromatic rings. The molecule has 1 N–H and O–H groups in total. The average Bonchev–Trinajstić information content (AvgIpc) is 2.43. The van der Waals surface area contributed by atoms with Crippen LogP contribution in [0.25, 0.3) is 0 Å². The third kappa shape index (κ3) is 5.88. The Morgan fingerprint density at radius 3 is 2.80 bits per heavy atom. The van der Waals surface area contributed by atoms with E-state index in [-0.39, 0.29) is 30.8 Å². The molecular formula is C14H25NO5. The molecule has 0 aliphatic carbocycles. The van der Waals surface area contributed by atoms with Gasteiger partial charge in [0, 0.05) is 26.6 Å². The summed E-state index contributed by atoms with van der Waals surface area (Å²) in [6, 6.07) is 0. The topological polar surface area (TPSA) is 76.1 Å². The number of aliphatic carboxylic acids is 1. The zero-order valence-electron chi connectivity index (χ0n) is 12.3. The molecule has 1 saturated heterocycles. The lowest BCUT2D eigenvalue weighted by molar-refractivity contribution is -0.140. The van der Waals surface area contributed by atoms with Gasteiger partial charge >= 0.3 is 5.97 Å². The van der Waals surface area contributed by atoms with Crippen molar-refractivity contribution in [3.8, 4) is 0 Å². The van der Waals surface area contributed by atoms with E-state index in [2.05, 4.69) is 0 Å². The molecule has 1 aliphatic rings. The second-order valence-corrected chi connectivity index (χ2v) is 5.36. The number of piperidine rings is 1. The number of hydrogen-bond donors (Lipinski definition) is 1. The second-order valence-electron chi connectivity index (χ2n) is 5.36. The van der Waals surface area contributed by atoms with Crippen LogP contribution in [0.15, 0.2) is 0 Å². The van der Waals surface area contributed by atoms with Gasteiger partial charge in [0.25, 0.3) is 0 Å². The number of likely N-dealkylation sites (tertiary alicyclic amines) is 1. The number of methoxy groups -OCH3 is 1. The van der Waals surface area contributed by atoms with E-state index < -0.39 is 5.97 Å². The van der Waals surface area contributed by atoms with Gasteiger partial charge in [0.1, 0.15) is 6.61 Å². The summed E-state index contributed by atoms with van der Waals surface area (Å²) in [5, 5.41) is 8.84. The minimum absolute atomic E-state index is 0.0201. The van der Waals surface area contributed by atoms with Gasteiger partial charge in [-0.2, -0.15) is 0 Å². The van der Waals surface area contributed by atoms with Gasteiger partial charge in [-0.1, -0.05) is 6.92 Å². The second kappa shape index (κ2) is 8.92. The molecule has 2 atom stereocenters. The van der Waals surface area contributed by atoms with E-state index in [4.69, 9.17) is 14.6 Å². The van der Waals surface area contributed by atoms with Crippen molar-refractivity contribution in [2.75, 3.05) is 40.0 Å². The minimum Gasteiger partial charge on any atom is -0.481 e. The summed E-state index contributed by atoms with van der Waals surface area (Å²) in [7, 11) is 1.59. The van der Waals surface area contributed by atoms with Gasteiger partial charge in [0.15, 0.2) is 0 Å². The summed E-state index contributed by atoms with van der Waals surface area (Å²) in [6.07, 6.45) is 2.08. The van der Waals surface area contributed by atoms with Crippen LogP contribution in [0.4, 0.5) is 0 Å². The molecule has 0 aromatic carbocycles. The van der Waals surface area contributed by atoms with Gasteiger partial charge in [0.2, 0.25) is 5.91 Å². The molecular weight excluding hydrogens is 262 g/mol. The van der Waals surface area contributed by atoms with Crippen LogP contribution in [0.5, 0.6) is 0 Å². The smallest absolute Gasteiger partial charge is 0.303 e. The van der Waals surface area contributed by atoms with E-state index >= 15 is 0 Å². The highest BCUT2D eigenvalue weighted by atomic mass is 16.5. The highest BCUT2D eigenvalue weighted by molar-refractivity contribution is 5.77. The molecule has 0 aromatic heterocycles. The van der Waals surface area contributed by atoms with Gasteiger partial charge < -0.3 is 19.5 Å². The lowest BCUT2D eigenvalue weighted by Crippen LogP contribution is -2.43. The van der Waals surface area contributed by atoms with Gasteiger partial charge in [0.05, 0.1) is 13.2 Å². The maximum atomic E-state index is 12.0. The predicted molar refractivity (Wildman–Crippen MR) is 73.4 cm³/mol. The number of rotatable bonds is 8. The molecule has 116 valence electrons. The van der Waals surface area contributed by atoms with Gasteiger partial charge in [-0.05, 0) is 24.7 Å². The van der Waals surface area contributed by atoms with E-state index in [0.29, 0.717) is 19.8 Å². The van der Waals surface area contributed by atoms with E-state index in [9.17, 15) is 9.59 Å². The Kier molecular flexibility index (Phi) is 7.54. The molecule has 0 bridgehead atoms. The number of ether oxygens (including phenoxy) is 2. The van der Waals surface area contributed by atoms with Crippen LogP contribution >= 0.6 is 0 Å². The maximum absolute atomic E-state index is 12.0. The number of carboxylic acids is 1. The van der Waals surface area contributed by atoms with Crippen molar-refractivity contribution in [2.24, 2.45) is 11.8 Å². The van der Waals surface area contributed by atoms with Gasteiger partial charge in [-0.3, -0.25) is 9.59 Å². The van der Waals surface area contributed by atoms with Crippen molar-refractivity contribution in [1.82, 2.24) is 4.90 Å². The van der Waals surface area contributed by atoms with Gasteiger partial charge in [-0.15, -0.1) is 0 Å². The average molecular weight is 287 g/mol. The summed E-state index contributed by atoms with van der Waals surface area (Å²) >= 11 is 0. The Morgan fingerprint density at radius 2 is 2.15 bits per heavy atom. The van der Waals surface area contributed by atoms with Crippen LogP contribution < -0.4 is 0 Å². The third-order valence-electron chi connectivity index (χ3n) is 3.77. The molecule has 6 nitrogen and oxygen atoms in total. The van der Waals surface area contributed by atoms with Crippen LogP contribution in [0.2, 0.25) is 0 Å². The predicted octanol–water partition coefficient (Wildman–Crippen LogP) is 0.999. The Balaban J connectivity index is 2.35. The molecule has 1 amide bonds. The molecule has 1 rings (SSSR count). The quantitative estimate of drug-likeness (QED) is 0.674. The number of nitrogens with zero attached hydrogens (tertiary/aromatic N) is 1. The summed E-state index contributed by atoms with van der Waals surface area (Å²) < 4.78 is 10.1. The molecule has 1 aliphatic heterocycles. The lowest BCUT2D eigenvalue weighted by atomic mass is 9.84. The first-order valence-electron chi connectivity index (χ1n) is 7.10. The normalized spacial score (nSPS) is 20.7. The number of carbonyl (C=O) groups is 2. The van der Waals surface area contributed by atoms with Crippen LogP contribution in [0.1, 0.15) is 26.2 Å². The first-order valence-corrected chi connectivity index (χ1v) is 7.10. The summed E-state index contributed by atoms with van der Waals surface area (Å²) in [4.78, 5) is 24.5. The van der Waals surface area contributed by atoms with Crippen molar-refractivity contribution in [1.29, 1.82) is 0 Å². The molecule has 0 radical (unpaired) electrons. The summed E-state index contributed by atoms with van der Waals surface area (Å²) in [6.45, 7) is 4.29. The third-order valence-corrected chi connectivity index (χ3v) is 3.77. The molecule has 2 unspecified atom stereocenters. The van der Waals surface area contributed by atoms with Crippen LogP contribution in [0, 0.1) is 11.8 Å². The Labute approximate surface area is 120 Å². The van der Waals surface area contributed by atoms with Crippen molar-refractivity contribution >= 4 is 11.9 Å². The zero-order valence-corrected chi connectivity index (χ0v) is 12.3. The number of carbonyl (C=O) groups excluding carboxylic acids is 1. The number of hydrogen-bond acceptors (Lipinski definition) is 4. The fraction of sp³-hybridized carbons (Fsp3) is 0.857. The fourth-order valence-corrected chi connectivity index (χ4v) is 2.54. The molecule has 0 saturated carbocycles. The number of carboxylic acid groups (broad SMARTS) is 1. The van der Waals surface area contributed by atoms with E-state index in [1.807, 2.05) is 6.92 Å². The lowest BCUT2D eigenvalue weighted by Gasteiger charge is -2.35. The number of amides is 1. The Hall–Kier alpha value is -1.14. The zero-order chi connectivity index (χ0) is 15.0. The van der Waals surface area contributed by atoms with E-state index in [1.54, 1.807) is 12.0 Å². The van der Waals surface area contributed by atoms with Crippen molar-refractivity contribution in [2.45, 2.75) is 26.2 Å². The van der Waals surface area contributed by atoms with Crippen molar-refractivity contribution in [3.05, 3.63) is 0 Å². The molecule has 20 heavy (non-hydrogen) atoms. The minimum atomic E-state index is -0.774. The largest absolute Gasteiger partial charge is 0.481 e. The maximum Gasteiger partial charge on any atom is 0.303 e. The molecule has 0 spiro atoms. The Morgan fingerprint density at radius 1 is 1.40 bits per heavy atom. The standard InChI is InChI=1S/C14H25NO5/c1-11(8-14(17)18)12-4-3-5-15(9-12)13(16)10-20-7-6-19-2/h11-12H,3-10H2,1-2H3,(H,17,18). The molecule has 1 heterocycles. The molecule has 1 fully saturated rings. The highest BCUT2D eigenvalue weighted by Gasteiger charge is 2.28. The first-order chi connectivity index (χ1) is 9.54. The monoisotopic (exact) mass is 287 g/mol. The van der Waals surface area contributed by atoms with Crippen LogP contribution in [-0.4, -0.2) is 61.9 Å². The highest BCUT2D eigenvalue weighted by Crippen LogP contribution is 2.26. The van der Waals surface area contributed by atoms with Crippen LogP contribution in [-0.2, 0) is 19.1 Å².